The normalized spacial score (nSPS) is 18.8. The van der Waals surface area contributed by atoms with Crippen molar-refractivity contribution in [1.82, 2.24) is 5.06 Å². The number of hydroxylamine groups is 2. The van der Waals surface area contributed by atoms with Crippen LogP contribution in [0.4, 0.5) is 0 Å². The highest BCUT2D eigenvalue weighted by Crippen LogP contribution is 2.23. The van der Waals surface area contributed by atoms with Crippen LogP contribution in [0.5, 0.6) is 0 Å². The van der Waals surface area contributed by atoms with Crippen LogP contribution in [0.2, 0.25) is 10.0 Å². The standard InChI is InChI=1S/C10H6Cl4N4O/c11-7-2-1-3-8(12)6(7)4-15-19-18-5-9(13)16-17-10(18)14/h1-5,10H. The Hall–Kier alpha value is -1.01. The van der Waals surface area contributed by atoms with Gasteiger partial charge in [-0.05, 0) is 12.1 Å². The molecule has 9 heteroatoms. The zero-order valence-electron chi connectivity index (χ0n) is 9.17. The van der Waals surface area contributed by atoms with Gasteiger partial charge in [-0.25, -0.2) is 0 Å². The minimum Gasteiger partial charge on any atom is -0.265 e. The summed E-state index contributed by atoms with van der Waals surface area (Å²) in [5, 5.41) is 13.0. The first-order valence-corrected chi connectivity index (χ1v) is 6.50. The van der Waals surface area contributed by atoms with Crippen LogP contribution in [0, 0.1) is 0 Å². The van der Waals surface area contributed by atoms with Crippen LogP contribution in [0.3, 0.4) is 0 Å². The monoisotopic (exact) mass is 338 g/mol. The number of benzene rings is 1. The summed E-state index contributed by atoms with van der Waals surface area (Å²) in [6.07, 6.45) is 2.71. The molecule has 1 heterocycles. The van der Waals surface area contributed by atoms with E-state index in [9.17, 15) is 0 Å². The molecular weight excluding hydrogens is 334 g/mol. The van der Waals surface area contributed by atoms with Crippen LogP contribution in [0.25, 0.3) is 0 Å². The fourth-order valence-electron chi connectivity index (χ4n) is 1.17. The molecule has 1 aromatic rings. The zero-order valence-corrected chi connectivity index (χ0v) is 12.2. The summed E-state index contributed by atoms with van der Waals surface area (Å²) in [5.41, 5.74) is -0.313. The highest BCUT2D eigenvalue weighted by molar-refractivity contribution is 6.38. The third kappa shape index (κ3) is 3.73. The number of rotatable bonds is 3. The molecule has 0 saturated heterocycles. The van der Waals surface area contributed by atoms with Crippen molar-refractivity contribution in [2.45, 2.75) is 5.62 Å². The molecule has 100 valence electrons. The molecule has 2 rings (SSSR count). The quantitative estimate of drug-likeness (QED) is 0.350. The van der Waals surface area contributed by atoms with Crippen molar-refractivity contribution in [3.8, 4) is 0 Å². The average Bonchev–Trinajstić information content (AvgIpc) is 2.37. The number of alkyl halides is 1. The number of nitrogens with zero attached hydrogens (tertiary/aromatic N) is 4. The van der Waals surface area contributed by atoms with Crippen LogP contribution in [0.15, 0.2) is 44.9 Å². The summed E-state index contributed by atoms with van der Waals surface area (Å²) < 4.78 is 0. The Balaban J connectivity index is 2.06. The molecule has 0 spiro atoms. The summed E-state index contributed by atoms with van der Waals surface area (Å²) in [6, 6.07) is 5.10. The van der Waals surface area contributed by atoms with Gasteiger partial charge in [0.2, 0.25) is 0 Å². The Morgan fingerprint density at radius 3 is 2.63 bits per heavy atom. The molecule has 1 unspecified atom stereocenters. The number of halogens is 4. The minimum atomic E-state index is -0.846. The molecule has 5 nitrogen and oxygen atoms in total. The molecule has 0 saturated carbocycles. The van der Waals surface area contributed by atoms with Crippen molar-refractivity contribution >= 4 is 52.6 Å². The van der Waals surface area contributed by atoms with Crippen LogP contribution >= 0.6 is 46.4 Å². The van der Waals surface area contributed by atoms with Crippen molar-refractivity contribution in [1.29, 1.82) is 0 Å². The zero-order chi connectivity index (χ0) is 13.8. The van der Waals surface area contributed by atoms with Crippen molar-refractivity contribution < 1.29 is 4.94 Å². The second-order valence-electron chi connectivity index (χ2n) is 3.29. The SMILES string of the molecule is ClC1=CN(ON=Cc2c(Cl)cccc2Cl)C(Cl)N=N1. The van der Waals surface area contributed by atoms with Crippen LogP contribution in [-0.4, -0.2) is 16.9 Å². The van der Waals surface area contributed by atoms with E-state index < -0.39 is 5.62 Å². The van der Waals surface area contributed by atoms with Gasteiger partial charge in [0.25, 0.3) is 5.62 Å². The van der Waals surface area contributed by atoms with Gasteiger partial charge in [0, 0.05) is 5.56 Å². The highest BCUT2D eigenvalue weighted by Gasteiger charge is 2.18. The summed E-state index contributed by atoms with van der Waals surface area (Å²) in [4.78, 5) is 5.02. The maximum absolute atomic E-state index is 5.97. The molecule has 1 aromatic carbocycles. The Labute approximate surface area is 129 Å². The van der Waals surface area contributed by atoms with Gasteiger partial charge < -0.3 is 0 Å². The number of oxime groups is 1. The van der Waals surface area contributed by atoms with Gasteiger partial charge in [-0.1, -0.05) is 57.6 Å². The lowest BCUT2D eigenvalue weighted by molar-refractivity contribution is -0.131. The van der Waals surface area contributed by atoms with E-state index in [1.54, 1.807) is 18.2 Å². The molecule has 1 aliphatic heterocycles. The van der Waals surface area contributed by atoms with E-state index in [1.165, 1.54) is 12.4 Å². The van der Waals surface area contributed by atoms with E-state index in [0.717, 1.165) is 5.06 Å². The average molecular weight is 340 g/mol. The Morgan fingerprint density at radius 2 is 1.95 bits per heavy atom. The van der Waals surface area contributed by atoms with Gasteiger partial charge in [-0.3, -0.25) is 4.94 Å². The molecule has 0 aromatic heterocycles. The largest absolute Gasteiger partial charge is 0.265 e. The lowest BCUT2D eigenvalue weighted by Gasteiger charge is -2.19. The molecule has 0 radical (unpaired) electrons. The maximum atomic E-state index is 5.97. The van der Waals surface area contributed by atoms with Crippen molar-refractivity contribution in [2.24, 2.45) is 15.4 Å². The first-order valence-electron chi connectivity index (χ1n) is 4.93. The van der Waals surface area contributed by atoms with Gasteiger partial charge in [-0.2, -0.15) is 0 Å². The number of hydrogen-bond donors (Lipinski definition) is 0. The number of azo groups is 1. The minimum absolute atomic E-state index is 0.128. The summed E-state index contributed by atoms with van der Waals surface area (Å²) in [6.45, 7) is 0. The van der Waals surface area contributed by atoms with E-state index >= 15 is 0 Å². The molecule has 19 heavy (non-hydrogen) atoms. The lowest BCUT2D eigenvalue weighted by atomic mass is 10.2. The fraction of sp³-hybridized carbons (Fsp3) is 0.100. The van der Waals surface area contributed by atoms with E-state index in [1.807, 2.05) is 0 Å². The molecule has 1 aliphatic rings. The topological polar surface area (TPSA) is 49.5 Å². The fourth-order valence-corrected chi connectivity index (χ4v) is 1.94. The van der Waals surface area contributed by atoms with E-state index in [0.29, 0.717) is 15.6 Å². The van der Waals surface area contributed by atoms with E-state index in [4.69, 9.17) is 51.3 Å². The summed E-state index contributed by atoms with van der Waals surface area (Å²) in [7, 11) is 0. The smallest absolute Gasteiger partial charge is 0.252 e. The van der Waals surface area contributed by atoms with Gasteiger partial charge in [0.1, 0.15) is 0 Å². The molecule has 0 aliphatic carbocycles. The highest BCUT2D eigenvalue weighted by atomic mass is 35.5. The Morgan fingerprint density at radius 1 is 1.26 bits per heavy atom. The van der Waals surface area contributed by atoms with Crippen molar-refractivity contribution in [2.75, 3.05) is 0 Å². The van der Waals surface area contributed by atoms with Crippen LogP contribution in [0.1, 0.15) is 5.56 Å². The Kier molecular flexibility index (Phi) is 4.87. The first kappa shape index (κ1) is 14.4. The van der Waals surface area contributed by atoms with Crippen molar-refractivity contribution in [3.63, 3.8) is 0 Å². The second-order valence-corrected chi connectivity index (χ2v) is 4.88. The van der Waals surface area contributed by atoms with Gasteiger partial charge in [-0.15, -0.1) is 15.3 Å². The Bertz CT molecular complexity index is 540. The predicted molar refractivity (Wildman–Crippen MR) is 75.4 cm³/mol. The lowest BCUT2D eigenvalue weighted by Crippen LogP contribution is -2.24. The molecule has 0 N–H and O–H groups in total. The second kappa shape index (κ2) is 6.43. The van der Waals surface area contributed by atoms with Gasteiger partial charge >= 0.3 is 0 Å². The third-order valence-electron chi connectivity index (χ3n) is 2.02. The summed E-state index contributed by atoms with van der Waals surface area (Å²) >= 11 is 23.4. The molecule has 0 bridgehead atoms. The van der Waals surface area contributed by atoms with Crippen LogP contribution < -0.4 is 0 Å². The van der Waals surface area contributed by atoms with Gasteiger partial charge in [0.05, 0.1) is 22.5 Å². The number of hydrogen-bond acceptors (Lipinski definition) is 5. The molecule has 0 fully saturated rings. The van der Waals surface area contributed by atoms with E-state index in [-0.39, 0.29) is 5.16 Å². The van der Waals surface area contributed by atoms with Gasteiger partial charge in [0.15, 0.2) is 5.16 Å². The predicted octanol–water partition coefficient (Wildman–Crippen LogP) is 4.59. The van der Waals surface area contributed by atoms with Crippen molar-refractivity contribution in [3.05, 3.63) is 45.2 Å². The third-order valence-corrected chi connectivity index (χ3v) is 3.13. The maximum Gasteiger partial charge on any atom is 0.252 e. The molecule has 1 atom stereocenters. The van der Waals surface area contributed by atoms with Crippen LogP contribution in [-0.2, 0) is 4.94 Å². The molecule has 0 amide bonds. The first-order chi connectivity index (χ1) is 9.08. The van der Waals surface area contributed by atoms with E-state index in [2.05, 4.69) is 15.4 Å². The molecular formula is C10H6Cl4N4O. The summed E-state index contributed by atoms with van der Waals surface area (Å²) in [5.74, 6) is 0.